The summed E-state index contributed by atoms with van der Waals surface area (Å²) in [5.41, 5.74) is 1.55. The smallest absolute Gasteiger partial charge is 0.200 e. The van der Waals surface area contributed by atoms with Gasteiger partial charge in [-0.05, 0) is 48.8 Å². The Morgan fingerprint density at radius 2 is 1.67 bits per heavy atom. The number of methoxy groups -OCH3 is 2. The summed E-state index contributed by atoms with van der Waals surface area (Å²) in [5, 5.41) is 13.5. The Balaban J connectivity index is 1.97. The van der Waals surface area contributed by atoms with Gasteiger partial charge < -0.3 is 19.9 Å². The molecule has 118 valence electrons. The molecular weight excluding hydrogens is 266 g/mol. The fourth-order valence-electron chi connectivity index (χ4n) is 2.92. The third-order valence-electron chi connectivity index (χ3n) is 4.47. The Morgan fingerprint density at radius 3 is 2.14 bits per heavy atom. The molecule has 1 fully saturated rings. The molecule has 1 aliphatic rings. The molecule has 1 aliphatic carbocycles. The van der Waals surface area contributed by atoms with Crippen LogP contribution in [-0.2, 0) is 6.54 Å². The van der Waals surface area contributed by atoms with Gasteiger partial charge in [0.15, 0.2) is 11.5 Å². The third-order valence-corrected chi connectivity index (χ3v) is 4.47. The zero-order chi connectivity index (χ0) is 15.5. The van der Waals surface area contributed by atoms with Crippen molar-refractivity contribution in [2.45, 2.75) is 52.1 Å². The standard InChI is InChI=1S/C17H27NO3/c1-17(2)7-5-13(6-8-17)18-11-12-9-14(20-3)16(19)15(10-12)21-4/h9-10,13,18-19H,5-8,11H2,1-4H3. The molecule has 1 saturated carbocycles. The highest BCUT2D eigenvalue weighted by molar-refractivity contribution is 5.52. The fourth-order valence-corrected chi connectivity index (χ4v) is 2.92. The lowest BCUT2D eigenvalue weighted by Crippen LogP contribution is -2.35. The van der Waals surface area contributed by atoms with Crippen LogP contribution in [0.1, 0.15) is 45.1 Å². The Hall–Kier alpha value is -1.42. The van der Waals surface area contributed by atoms with Crippen LogP contribution in [0.25, 0.3) is 0 Å². The summed E-state index contributed by atoms with van der Waals surface area (Å²) in [6.07, 6.45) is 4.98. The second-order valence-electron chi connectivity index (χ2n) is 6.67. The van der Waals surface area contributed by atoms with E-state index in [-0.39, 0.29) is 5.75 Å². The van der Waals surface area contributed by atoms with Crippen LogP contribution in [0.5, 0.6) is 17.2 Å². The molecule has 0 aliphatic heterocycles. The van der Waals surface area contributed by atoms with Crippen molar-refractivity contribution < 1.29 is 14.6 Å². The summed E-state index contributed by atoms with van der Waals surface area (Å²) in [6.45, 7) is 5.45. The number of benzene rings is 1. The third kappa shape index (κ3) is 4.03. The minimum absolute atomic E-state index is 0.0585. The molecule has 0 radical (unpaired) electrons. The SMILES string of the molecule is COc1cc(CNC2CCC(C)(C)CC2)cc(OC)c1O. The van der Waals surface area contributed by atoms with Crippen LogP contribution in [0, 0.1) is 5.41 Å². The molecule has 0 heterocycles. The van der Waals surface area contributed by atoms with E-state index in [9.17, 15) is 5.11 Å². The second kappa shape index (κ2) is 6.56. The van der Waals surface area contributed by atoms with Gasteiger partial charge in [0.1, 0.15) is 0 Å². The Morgan fingerprint density at radius 1 is 1.14 bits per heavy atom. The van der Waals surface area contributed by atoms with Gasteiger partial charge in [0, 0.05) is 12.6 Å². The summed E-state index contributed by atoms with van der Waals surface area (Å²) >= 11 is 0. The van der Waals surface area contributed by atoms with E-state index >= 15 is 0 Å². The van der Waals surface area contributed by atoms with Crippen LogP contribution < -0.4 is 14.8 Å². The minimum Gasteiger partial charge on any atom is -0.502 e. The maximum Gasteiger partial charge on any atom is 0.200 e. The van der Waals surface area contributed by atoms with Crippen LogP contribution in [0.2, 0.25) is 0 Å². The maximum absolute atomic E-state index is 9.92. The lowest BCUT2D eigenvalue weighted by atomic mass is 9.75. The van der Waals surface area contributed by atoms with Crippen molar-refractivity contribution in [3.8, 4) is 17.2 Å². The van der Waals surface area contributed by atoms with Crippen molar-refractivity contribution in [2.24, 2.45) is 5.41 Å². The van der Waals surface area contributed by atoms with Crippen molar-refractivity contribution in [1.29, 1.82) is 0 Å². The van der Waals surface area contributed by atoms with Gasteiger partial charge in [-0.2, -0.15) is 0 Å². The quantitative estimate of drug-likeness (QED) is 0.873. The Labute approximate surface area is 127 Å². The van der Waals surface area contributed by atoms with Crippen molar-refractivity contribution in [3.63, 3.8) is 0 Å². The molecule has 21 heavy (non-hydrogen) atoms. The highest BCUT2D eigenvalue weighted by atomic mass is 16.5. The number of hydrogen-bond donors (Lipinski definition) is 2. The first-order valence-electron chi connectivity index (χ1n) is 7.62. The van der Waals surface area contributed by atoms with E-state index in [1.165, 1.54) is 25.7 Å². The predicted octanol–water partition coefficient (Wildman–Crippen LogP) is 3.47. The summed E-state index contributed by atoms with van der Waals surface area (Å²) in [4.78, 5) is 0. The van der Waals surface area contributed by atoms with Gasteiger partial charge in [-0.1, -0.05) is 13.8 Å². The first-order valence-corrected chi connectivity index (χ1v) is 7.62. The van der Waals surface area contributed by atoms with E-state index < -0.39 is 0 Å². The van der Waals surface area contributed by atoms with Gasteiger partial charge in [-0.15, -0.1) is 0 Å². The van der Waals surface area contributed by atoms with Crippen molar-refractivity contribution >= 4 is 0 Å². The summed E-state index contributed by atoms with van der Waals surface area (Å²) in [7, 11) is 3.10. The van der Waals surface area contributed by atoms with Gasteiger partial charge in [-0.25, -0.2) is 0 Å². The number of ether oxygens (including phenoxy) is 2. The van der Waals surface area contributed by atoms with Crippen LogP contribution in [0.3, 0.4) is 0 Å². The molecule has 4 heteroatoms. The van der Waals surface area contributed by atoms with Crippen LogP contribution in [0.15, 0.2) is 12.1 Å². The molecule has 0 atom stereocenters. The van der Waals surface area contributed by atoms with Gasteiger partial charge in [-0.3, -0.25) is 0 Å². The molecule has 0 amide bonds. The van der Waals surface area contributed by atoms with Crippen LogP contribution in [0.4, 0.5) is 0 Å². The maximum atomic E-state index is 9.92. The van der Waals surface area contributed by atoms with E-state index in [1.54, 1.807) is 14.2 Å². The first kappa shape index (κ1) is 16.0. The lowest BCUT2D eigenvalue weighted by Gasteiger charge is -2.34. The zero-order valence-electron chi connectivity index (χ0n) is 13.5. The highest BCUT2D eigenvalue weighted by Crippen LogP contribution is 2.38. The number of hydrogen-bond acceptors (Lipinski definition) is 4. The van der Waals surface area contributed by atoms with Crippen molar-refractivity contribution in [1.82, 2.24) is 5.32 Å². The molecular formula is C17H27NO3. The fraction of sp³-hybridized carbons (Fsp3) is 0.647. The molecule has 4 nitrogen and oxygen atoms in total. The Bertz CT molecular complexity index is 450. The molecule has 0 unspecified atom stereocenters. The molecule has 2 N–H and O–H groups in total. The minimum atomic E-state index is 0.0585. The topological polar surface area (TPSA) is 50.7 Å². The number of rotatable bonds is 5. The second-order valence-corrected chi connectivity index (χ2v) is 6.67. The summed E-state index contributed by atoms with van der Waals surface area (Å²) in [5.74, 6) is 0.968. The molecule has 0 spiro atoms. The average molecular weight is 293 g/mol. The lowest BCUT2D eigenvalue weighted by molar-refractivity contribution is 0.206. The largest absolute Gasteiger partial charge is 0.502 e. The normalized spacial score (nSPS) is 18.5. The highest BCUT2D eigenvalue weighted by Gasteiger charge is 2.26. The molecule has 1 aromatic rings. The van der Waals surface area contributed by atoms with Crippen molar-refractivity contribution in [2.75, 3.05) is 14.2 Å². The van der Waals surface area contributed by atoms with E-state index in [2.05, 4.69) is 19.2 Å². The van der Waals surface area contributed by atoms with Gasteiger partial charge in [0.05, 0.1) is 14.2 Å². The van der Waals surface area contributed by atoms with Crippen LogP contribution >= 0.6 is 0 Å². The summed E-state index contributed by atoms with van der Waals surface area (Å²) in [6, 6.07) is 4.29. The van der Waals surface area contributed by atoms with Crippen molar-refractivity contribution in [3.05, 3.63) is 17.7 Å². The molecule has 0 saturated heterocycles. The predicted molar refractivity (Wildman–Crippen MR) is 84.1 cm³/mol. The number of aromatic hydroxyl groups is 1. The molecule has 1 aromatic carbocycles. The first-order chi connectivity index (χ1) is 9.95. The average Bonchev–Trinajstić information content (AvgIpc) is 2.47. The van der Waals surface area contributed by atoms with Gasteiger partial charge >= 0.3 is 0 Å². The number of phenolic OH excluding ortho intramolecular Hbond substituents is 1. The molecule has 0 aromatic heterocycles. The van der Waals surface area contributed by atoms with E-state index in [4.69, 9.17) is 9.47 Å². The van der Waals surface area contributed by atoms with E-state index in [0.29, 0.717) is 23.0 Å². The molecule has 0 bridgehead atoms. The van der Waals surface area contributed by atoms with E-state index in [0.717, 1.165) is 12.1 Å². The van der Waals surface area contributed by atoms with E-state index in [1.807, 2.05) is 12.1 Å². The number of phenols is 1. The van der Waals surface area contributed by atoms with Gasteiger partial charge in [0.2, 0.25) is 5.75 Å². The number of nitrogens with one attached hydrogen (secondary N) is 1. The molecule has 2 rings (SSSR count). The monoisotopic (exact) mass is 293 g/mol. The van der Waals surface area contributed by atoms with Gasteiger partial charge in [0.25, 0.3) is 0 Å². The summed E-state index contributed by atoms with van der Waals surface area (Å²) < 4.78 is 10.4. The zero-order valence-corrected chi connectivity index (χ0v) is 13.5. The van der Waals surface area contributed by atoms with Crippen LogP contribution in [-0.4, -0.2) is 25.4 Å². The Kier molecular flexibility index (Phi) is 4.99.